The van der Waals surface area contributed by atoms with Crippen LogP contribution in [0.3, 0.4) is 0 Å². The van der Waals surface area contributed by atoms with Gasteiger partial charge >= 0.3 is 0 Å². The van der Waals surface area contributed by atoms with E-state index < -0.39 is 16.4 Å². The number of hydrogen-bond donors (Lipinski definition) is 5. The second-order valence-corrected chi connectivity index (χ2v) is 16.4. The summed E-state index contributed by atoms with van der Waals surface area (Å²) in [6.45, 7) is 19.8. The van der Waals surface area contributed by atoms with Crippen LogP contribution in [-0.2, 0) is 22.7 Å². The number of carbonyl (C=O) groups is 2. The molecular weight excluding hydrogens is 661 g/mol. The number of terminal acetylenes is 1. The Labute approximate surface area is 317 Å². The zero-order chi connectivity index (χ0) is 39.6. The minimum atomic E-state index is -1.15. The molecule has 2 fully saturated rings. The van der Waals surface area contributed by atoms with Gasteiger partial charge in [-0.3, -0.25) is 9.59 Å². The van der Waals surface area contributed by atoms with Gasteiger partial charge in [0.05, 0.1) is 47.9 Å². The summed E-state index contributed by atoms with van der Waals surface area (Å²) < 4.78 is 0. The third kappa shape index (κ3) is 12.5. The average Bonchev–Trinajstić information content (AvgIpc) is 3.99. The van der Waals surface area contributed by atoms with Crippen molar-refractivity contribution in [3.8, 4) is 46.5 Å². The van der Waals surface area contributed by atoms with E-state index in [0.29, 0.717) is 18.2 Å². The molecule has 53 heavy (non-hydrogen) atoms. The number of benzene rings is 2. The molecule has 0 aliphatic heterocycles. The third-order valence-corrected chi connectivity index (χ3v) is 10.7. The first-order chi connectivity index (χ1) is 24.9. The first-order valence-electron chi connectivity index (χ1n) is 18.8. The zero-order valence-corrected chi connectivity index (χ0v) is 33.6. The van der Waals surface area contributed by atoms with Gasteiger partial charge in [0.2, 0.25) is 11.8 Å². The molecule has 2 aliphatic rings. The van der Waals surface area contributed by atoms with E-state index in [2.05, 4.69) is 93.7 Å². The molecule has 2 aromatic carbocycles. The summed E-state index contributed by atoms with van der Waals surface area (Å²) in [5.41, 5.74) is 3.36. The van der Waals surface area contributed by atoms with E-state index in [4.69, 9.17) is 0 Å². The van der Waals surface area contributed by atoms with Crippen molar-refractivity contribution >= 4 is 11.8 Å². The van der Waals surface area contributed by atoms with Crippen LogP contribution < -0.4 is 10.6 Å². The predicted octanol–water partition coefficient (Wildman–Crippen LogP) is 8.93. The topological polar surface area (TPSA) is 136 Å². The Kier molecular flexibility index (Phi) is 14.8. The molecule has 2 aliphatic carbocycles. The van der Waals surface area contributed by atoms with Crippen molar-refractivity contribution in [2.75, 3.05) is 0 Å². The molecule has 0 atom stereocenters. The number of carbonyl (C=O) groups excluding carboxylic acids is 2. The number of nitrogens with one attached hydrogen (secondary N) is 4. The second-order valence-electron chi connectivity index (χ2n) is 16.4. The number of amides is 2. The quantitative estimate of drug-likeness (QED) is 0.0986. The Hall–Kier alpha value is -4.68. The van der Waals surface area contributed by atoms with Crippen molar-refractivity contribution in [3.05, 3.63) is 72.6 Å². The van der Waals surface area contributed by atoms with E-state index in [0.717, 1.165) is 45.5 Å². The highest BCUT2D eigenvalue weighted by Gasteiger charge is 2.41. The Morgan fingerprint density at radius 1 is 0.698 bits per heavy atom. The van der Waals surface area contributed by atoms with Gasteiger partial charge in [0.25, 0.3) is 0 Å². The lowest BCUT2D eigenvalue weighted by atomic mass is 9.76. The molecule has 0 bridgehead atoms. The molecule has 2 aromatic heterocycles. The van der Waals surface area contributed by atoms with Crippen molar-refractivity contribution in [1.82, 2.24) is 30.6 Å². The van der Waals surface area contributed by atoms with Gasteiger partial charge in [0, 0.05) is 5.41 Å². The summed E-state index contributed by atoms with van der Waals surface area (Å²) >= 11 is 0. The number of H-pyrrole nitrogens is 2. The maximum Gasteiger partial charge on any atom is 0.228 e. The van der Waals surface area contributed by atoms with Crippen molar-refractivity contribution in [2.45, 2.75) is 114 Å². The number of rotatable bonds is 11. The number of aromatic nitrogens is 4. The first-order valence-corrected chi connectivity index (χ1v) is 18.8. The fourth-order valence-corrected chi connectivity index (χ4v) is 4.53. The fraction of sp³-hybridized carbons (Fsp3) is 0.500. The molecule has 9 heteroatoms. The van der Waals surface area contributed by atoms with Gasteiger partial charge in [-0.1, -0.05) is 116 Å². The second kappa shape index (κ2) is 18.4. The zero-order valence-electron chi connectivity index (χ0n) is 33.6. The maximum absolute atomic E-state index is 12.6. The van der Waals surface area contributed by atoms with Crippen LogP contribution in [0.5, 0.6) is 0 Å². The standard InChI is InChI=1S/C34H44N6O3.2C4H8.C2H2/c1-21(2)32(3,4)30(41)37-19-28-35-17-26(39-28)24-13-9-22(10-14-24)23-11-15-25(16-12-23)27-18-36-29(40-27)20-38-31(42)33(5,6)34(7,8)43;2*1-4-2-3-4;1-2/h9-18,21,43H,19-20H2,1-8H3,(H,35,39)(H,36,40)(H,37,41)(H,38,42);2*4H,2-3H2,1H3;1-2H. The minimum absolute atomic E-state index is 0.0138. The highest BCUT2D eigenvalue weighted by molar-refractivity contribution is 5.83. The summed E-state index contributed by atoms with van der Waals surface area (Å²) in [7, 11) is 0. The van der Waals surface area contributed by atoms with Crippen LogP contribution in [0, 0.1) is 41.4 Å². The number of aromatic amines is 2. The van der Waals surface area contributed by atoms with Gasteiger partial charge in [-0.15, -0.1) is 12.8 Å². The molecule has 2 amide bonds. The van der Waals surface area contributed by atoms with Crippen molar-refractivity contribution in [1.29, 1.82) is 0 Å². The lowest BCUT2D eigenvalue weighted by Gasteiger charge is -2.35. The van der Waals surface area contributed by atoms with Crippen molar-refractivity contribution < 1.29 is 14.7 Å². The summed E-state index contributed by atoms with van der Waals surface area (Å²) in [5, 5.41) is 16.2. The molecular formula is C44H62N6O3. The van der Waals surface area contributed by atoms with Crippen LogP contribution in [0.4, 0.5) is 0 Å². The molecule has 9 nitrogen and oxygen atoms in total. The summed E-state index contributed by atoms with van der Waals surface area (Å²) in [6.07, 6.45) is 17.5. The summed E-state index contributed by atoms with van der Waals surface area (Å²) in [4.78, 5) is 40.6. The molecule has 2 saturated carbocycles. The summed E-state index contributed by atoms with van der Waals surface area (Å²) in [6, 6.07) is 16.4. The highest BCUT2D eigenvalue weighted by Crippen LogP contribution is 2.31. The van der Waals surface area contributed by atoms with Crippen LogP contribution in [-0.4, -0.2) is 42.5 Å². The molecule has 2 heterocycles. The first kappa shape index (κ1) is 42.7. The summed E-state index contributed by atoms with van der Waals surface area (Å²) in [5.74, 6) is 3.52. The SMILES string of the molecule is C#C.CC(C)C(C)(C)C(=O)NCc1ncc(-c2ccc(-c3ccc(-c4cnc(CNC(=O)C(C)(C)C(C)(C)O)[nH]4)cc3)cc2)[nH]1.CC1CC1.CC1CC1. The molecule has 6 rings (SSSR count). The molecule has 4 aromatic rings. The van der Waals surface area contributed by atoms with Gasteiger partial charge in [0.15, 0.2) is 0 Å². The largest absolute Gasteiger partial charge is 0.389 e. The number of nitrogens with zero attached hydrogens (tertiary/aromatic N) is 2. The van der Waals surface area contributed by atoms with Crippen LogP contribution in [0.1, 0.15) is 107 Å². The number of hydrogen-bond acceptors (Lipinski definition) is 5. The van der Waals surface area contributed by atoms with Crippen LogP contribution in [0.25, 0.3) is 33.6 Å². The Bertz CT molecular complexity index is 1750. The highest BCUT2D eigenvalue weighted by atomic mass is 16.3. The molecule has 5 N–H and O–H groups in total. The third-order valence-electron chi connectivity index (χ3n) is 10.7. The van der Waals surface area contributed by atoms with Crippen LogP contribution >= 0.6 is 0 Å². The van der Waals surface area contributed by atoms with E-state index in [1.807, 2.05) is 39.8 Å². The number of aliphatic hydroxyl groups is 1. The fourth-order valence-electron chi connectivity index (χ4n) is 4.53. The van der Waals surface area contributed by atoms with E-state index in [9.17, 15) is 14.7 Å². The molecule has 0 saturated heterocycles. The van der Waals surface area contributed by atoms with E-state index in [-0.39, 0.29) is 24.3 Å². The lowest BCUT2D eigenvalue weighted by molar-refractivity contribution is -0.142. The molecule has 0 radical (unpaired) electrons. The Balaban J connectivity index is 0.000000658. The van der Waals surface area contributed by atoms with Gasteiger partial charge in [-0.2, -0.15) is 0 Å². The van der Waals surface area contributed by atoms with Gasteiger partial charge in [0.1, 0.15) is 11.6 Å². The van der Waals surface area contributed by atoms with E-state index in [1.54, 1.807) is 40.1 Å². The lowest BCUT2D eigenvalue weighted by Crippen LogP contribution is -2.50. The van der Waals surface area contributed by atoms with E-state index >= 15 is 0 Å². The van der Waals surface area contributed by atoms with Crippen molar-refractivity contribution in [2.24, 2.45) is 28.6 Å². The van der Waals surface area contributed by atoms with Crippen molar-refractivity contribution in [3.63, 3.8) is 0 Å². The van der Waals surface area contributed by atoms with E-state index in [1.165, 1.54) is 25.7 Å². The smallest absolute Gasteiger partial charge is 0.228 e. The molecule has 286 valence electrons. The average molecular weight is 723 g/mol. The Morgan fingerprint density at radius 3 is 1.32 bits per heavy atom. The van der Waals surface area contributed by atoms with Gasteiger partial charge < -0.3 is 25.7 Å². The Morgan fingerprint density at radius 2 is 1.02 bits per heavy atom. The van der Waals surface area contributed by atoms with Gasteiger partial charge in [-0.05, 0) is 67.7 Å². The monoisotopic (exact) mass is 722 g/mol. The normalized spacial score (nSPS) is 14.1. The van der Waals surface area contributed by atoms with Crippen LogP contribution in [0.2, 0.25) is 0 Å². The number of imidazole rings is 2. The maximum atomic E-state index is 12.6. The van der Waals surface area contributed by atoms with Gasteiger partial charge in [-0.25, -0.2) is 9.97 Å². The van der Waals surface area contributed by atoms with Crippen LogP contribution in [0.15, 0.2) is 60.9 Å². The molecule has 0 unspecified atom stereocenters. The molecule has 0 spiro atoms. The predicted molar refractivity (Wildman–Crippen MR) is 216 cm³/mol. The minimum Gasteiger partial charge on any atom is -0.389 e.